The minimum absolute atomic E-state index is 0.122. The van der Waals surface area contributed by atoms with E-state index >= 15 is 0 Å². The summed E-state index contributed by atoms with van der Waals surface area (Å²) in [4.78, 5) is 0. The largest absolute Gasteiger partial charge is 0.391 e. The Morgan fingerprint density at radius 3 is 2.46 bits per heavy atom. The zero-order valence-electron chi connectivity index (χ0n) is 7.17. The van der Waals surface area contributed by atoms with Gasteiger partial charge in [0.15, 0.2) is 0 Å². The first-order chi connectivity index (χ1) is 6.02. The average molecular weight is 187 g/mol. The lowest BCUT2D eigenvalue weighted by atomic mass is 10.0. The van der Waals surface area contributed by atoms with Crippen molar-refractivity contribution in [3.05, 3.63) is 35.4 Å². The second-order valence-corrected chi connectivity index (χ2v) is 2.93. The molecule has 0 amide bonds. The van der Waals surface area contributed by atoms with Gasteiger partial charge in [0, 0.05) is 11.6 Å². The predicted molar refractivity (Wildman–Crippen MR) is 45.0 cm³/mol. The fourth-order valence-corrected chi connectivity index (χ4v) is 1.03. The summed E-state index contributed by atoms with van der Waals surface area (Å²) < 4.78 is 25.5. The summed E-state index contributed by atoms with van der Waals surface area (Å²) in [5.74, 6) is -1.38. The van der Waals surface area contributed by atoms with Gasteiger partial charge in [-0.1, -0.05) is 6.07 Å². The Morgan fingerprint density at radius 2 is 2.00 bits per heavy atom. The molecule has 1 aromatic rings. The number of rotatable bonds is 2. The third-order valence-corrected chi connectivity index (χ3v) is 1.84. The number of aliphatic hydroxyl groups excluding tert-OH is 1. The minimum atomic E-state index is -0.861. The van der Waals surface area contributed by atoms with Crippen molar-refractivity contribution in [1.29, 1.82) is 0 Å². The molecule has 4 heteroatoms. The highest BCUT2D eigenvalue weighted by Gasteiger charge is 2.16. The molecule has 0 aromatic heterocycles. The van der Waals surface area contributed by atoms with Crippen molar-refractivity contribution in [3.63, 3.8) is 0 Å². The molecule has 0 spiro atoms. The summed E-state index contributed by atoms with van der Waals surface area (Å²) in [7, 11) is 0. The Morgan fingerprint density at radius 1 is 1.38 bits per heavy atom. The van der Waals surface area contributed by atoms with Crippen LogP contribution in [0.15, 0.2) is 18.2 Å². The van der Waals surface area contributed by atoms with E-state index < -0.39 is 23.8 Å². The number of hydrogen-bond acceptors (Lipinski definition) is 2. The van der Waals surface area contributed by atoms with Crippen LogP contribution >= 0.6 is 0 Å². The lowest BCUT2D eigenvalue weighted by Gasteiger charge is -2.15. The molecule has 0 aliphatic rings. The van der Waals surface area contributed by atoms with Gasteiger partial charge in [-0.15, -0.1) is 0 Å². The van der Waals surface area contributed by atoms with Crippen LogP contribution < -0.4 is 5.73 Å². The maximum absolute atomic E-state index is 13.0. The van der Waals surface area contributed by atoms with Crippen LogP contribution in [0.25, 0.3) is 0 Å². The normalized spacial score (nSPS) is 15.5. The van der Waals surface area contributed by atoms with E-state index in [1.165, 1.54) is 13.0 Å². The zero-order chi connectivity index (χ0) is 10.0. The number of halogens is 2. The molecule has 0 saturated heterocycles. The van der Waals surface area contributed by atoms with Crippen molar-refractivity contribution in [2.24, 2.45) is 5.73 Å². The lowest BCUT2D eigenvalue weighted by molar-refractivity contribution is 0.162. The maximum atomic E-state index is 13.0. The fraction of sp³-hybridized carbons (Fsp3) is 0.333. The van der Waals surface area contributed by atoms with E-state index in [0.717, 1.165) is 12.1 Å². The van der Waals surface area contributed by atoms with Gasteiger partial charge >= 0.3 is 0 Å². The smallest absolute Gasteiger partial charge is 0.130 e. The summed E-state index contributed by atoms with van der Waals surface area (Å²) in [5.41, 5.74) is 5.60. The molecule has 0 heterocycles. The highest BCUT2D eigenvalue weighted by molar-refractivity contribution is 5.22. The van der Waals surface area contributed by atoms with E-state index in [9.17, 15) is 8.78 Å². The quantitative estimate of drug-likeness (QED) is 0.734. The number of hydrogen-bond donors (Lipinski definition) is 2. The van der Waals surface area contributed by atoms with Crippen molar-refractivity contribution in [3.8, 4) is 0 Å². The van der Waals surface area contributed by atoms with Crippen molar-refractivity contribution in [2.45, 2.75) is 19.1 Å². The van der Waals surface area contributed by atoms with Crippen LogP contribution in [0.3, 0.4) is 0 Å². The van der Waals surface area contributed by atoms with Gasteiger partial charge in [0.1, 0.15) is 11.6 Å². The van der Waals surface area contributed by atoms with E-state index in [1.54, 1.807) is 0 Å². The van der Waals surface area contributed by atoms with Crippen molar-refractivity contribution in [2.75, 3.05) is 0 Å². The summed E-state index contributed by atoms with van der Waals surface area (Å²) in [6.45, 7) is 1.45. The van der Waals surface area contributed by atoms with Gasteiger partial charge in [0.05, 0.1) is 12.1 Å². The number of nitrogens with two attached hydrogens (primary N) is 1. The molecule has 0 bridgehead atoms. The van der Waals surface area contributed by atoms with Crippen molar-refractivity contribution in [1.82, 2.24) is 0 Å². The molecule has 0 unspecified atom stereocenters. The average Bonchev–Trinajstić information content (AvgIpc) is 2.03. The van der Waals surface area contributed by atoms with Crippen LogP contribution in [0.1, 0.15) is 18.5 Å². The minimum Gasteiger partial charge on any atom is -0.391 e. The third-order valence-electron chi connectivity index (χ3n) is 1.84. The summed E-state index contributed by atoms with van der Waals surface area (Å²) in [6.07, 6.45) is -0.861. The molecule has 2 atom stereocenters. The monoisotopic (exact) mass is 187 g/mol. The van der Waals surface area contributed by atoms with Crippen LogP contribution in [0, 0.1) is 11.6 Å². The van der Waals surface area contributed by atoms with E-state index in [4.69, 9.17) is 10.8 Å². The van der Waals surface area contributed by atoms with Gasteiger partial charge in [-0.3, -0.25) is 0 Å². The molecule has 72 valence electrons. The summed E-state index contributed by atoms with van der Waals surface area (Å²) in [5, 5.41) is 9.08. The third kappa shape index (κ3) is 2.23. The molecule has 0 aliphatic carbocycles. The van der Waals surface area contributed by atoms with E-state index in [1.807, 2.05) is 0 Å². The van der Waals surface area contributed by atoms with Crippen molar-refractivity contribution >= 4 is 0 Å². The molecule has 3 N–H and O–H groups in total. The summed E-state index contributed by atoms with van der Waals surface area (Å²) in [6, 6.07) is 2.28. The molecule has 1 rings (SSSR count). The second kappa shape index (κ2) is 3.81. The molecule has 0 saturated carbocycles. The second-order valence-electron chi connectivity index (χ2n) is 2.93. The van der Waals surface area contributed by atoms with Gasteiger partial charge in [0.2, 0.25) is 0 Å². The van der Waals surface area contributed by atoms with Gasteiger partial charge in [-0.05, 0) is 13.0 Å². The molecule has 2 nitrogen and oxygen atoms in total. The molecule has 1 aromatic carbocycles. The lowest BCUT2D eigenvalue weighted by Crippen LogP contribution is -2.24. The highest BCUT2D eigenvalue weighted by Crippen LogP contribution is 2.18. The molecule has 0 radical (unpaired) electrons. The van der Waals surface area contributed by atoms with Crippen LogP contribution in [0.4, 0.5) is 8.78 Å². The Kier molecular flexibility index (Phi) is 2.95. The van der Waals surface area contributed by atoms with E-state index in [-0.39, 0.29) is 5.56 Å². The van der Waals surface area contributed by atoms with Gasteiger partial charge < -0.3 is 10.8 Å². The first kappa shape index (κ1) is 10.1. The molecular formula is C9H11F2NO. The molecule has 0 fully saturated rings. The van der Waals surface area contributed by atoms with Crippen LogP contribution in [0.5, 0.6) is 0 Å². The standard InChI is InChI=1S/C9H11F2NO/c1-5(13)9(12)7-3-2-6(10)4-8(7)11/h2-5,9,13H,12H2,1H3/t5-,9-/m0/s1. The van der Waals surface area contributed by atoms with Crippen LogP contribution in [-0.2, 0) is 0 Å². The van der Waals surface area contributed by atoms with Gasteiger partial charge in [0.25, 0.3) is 0 Å². The number of aliphatic hydroxyl groups is 1. The fourth-order valence-electron chi connectivity index (χ4n) is 1.03. The van der Waals surface area contributed by atoms with Gasteiger partial charge in [-0.25, -0.2) is 8.78 Å². The summed E-state index contributed by atoms with van der Waals surface area (Å²) >= 11 is 0. The number of benzene rings is 1. The highest BCUT2D eigenvalue weighted by atomic mass is 19.1. The van der Waals surface area contributed by atoms with E-state index in [2.05, 4.69) is 0 Å². The topological polar surface area (TPSA) is 46.2 Å². The van der Waals surface area contributed by atoms with Gasteiger partial charge in [-0.2, -0.15) is 0 Å². The maximum Gasteiger partial charge on any atom is 0.130 e. The predicted octanol–water partition coefficient (Wildman–Crippen LogP) is 1.35. The van der Waals surface area contributed by atoms with E-state index in [0.29, 0.717) is 0 Å². The molecule has 0 aliphatic heterocycles. The Balaban J connectivity index is 3.01. The van der Waals surface area contributed by atoms with Crippen LogP contribution in [0.2, 0.25) is 0 Å². The Bertz CT molecular complexity index is 302. The molecular weight excluding hydrogens is 176 g/mol. The molecule has 13 heavy (non-hydrogen) atoms. The van der Waals surface area contributed by atoms with Crippen LogP contribution in [-0.4, -0.2) is 11.2 Å². The first-order valence-corrected chi connectivity index (χ1v) is 3.91. The first-order valence-electron chi connectivity index (χ1n) is 3.91. The van der Waals surface area contributed by atoms with Crippen molar-refractivity contribution < 1.29 is 13.9 Å². The Labute approximate surface area is 75.0 Å². The Hall–Kier alpha value is -1.00. The SMILES string of the molecule is C[C@H](O)[C@H](N)c1ccc(F)cc1F. The zero-order valence-corrected chi connectivity index (χ0v) is 7.17.